The smallest absolute Gasteiger partial charge is 0.155 e. The van der Waals surface area contributed by atoms with Gasteiger partial charge >= 0.3 is 0 Å². The predicted octanol–water partition coefficient (Wildman–Crippen LogP) is 2.07. The molecule has 2 rings (SSSR count). The van der Waals surface area contributed by atoms with Crippen LogP contribution in [0.25, 0.3) is 5.82 Å². The van der Waals surface area contributed by atoms with Gasteiger partial charge < -0.3 is 5.73 Å². The zero-order valence-electron chi connectivity index (χ0n) is 8.31. The van der Waals surface area contributed by atoms with E-state index in [2.05, 4.69) is 10.1 Å². The van der Waals surface area contributed by atoms with E-state index in [0.29, 0.717) is 16.8 Å². The number of nitrogens with zero attached hydrogens (tertiary/aromatic N) is 3. The quantitative estimate of drug-likeness (QED) is 0.792. The van der Waals surface area contributed by atoms with Crippen LogP contribution in [-0.2, 0) is 6.42 Å². The van der Waals surface area contributed by atoms with Gasteiger partial charge in [0.1, 0.15) is 11.0 Å². The number of rotatable bonds is 2. The fraction of sp³-hybridized carbons (Fsp3) is 0.200. The highest BCUT2D eigenvalue weighted by atomic mass is 35.5. The molecular formula is C10H11ClN4. The number of pyridine rings is 1. The van der Waals surface area contributed by atoms with E-state index in [1.54, 1.807) is 10.7 Å². The summed E-state index contributed by atoms with van der Waals surface area (Å²) in [5.41, 5.74) is 6.65. The maximum Gasteiger partial charge on any atom is 0.155 e. The maximum atomic E-state index is 5.81. The largest absolute Gasteiger partial charge is 0.382 e. The molecule has 0 bridgehead atoms. The normalized spacial score (nSPS) is 10.5. The molecule has 0 aromatic carbocycles. The van der Waals surface area contributed by atoms with Gasteiger partial charge in [-0.25, -0.2) is 9.67 Å². The van der Waals surface area contributed by atoms with Gasteiger partial charge in [0.15, 0.2) is 5.82 Å². The number of nitrogen functional groups attached to an aromatic ring is 1. The minimum absolute atomic E-state index is 0.448. The number of hydrogen-bond donors (Lipinski definition) is 1. The second-order valence-electron chi connectivity index (χ2n) is 3.14. The molecule has 78 valence electrons. The fourth-order valence-corrected chi connectivity index (χ4v) is 1.57. The topological polar surface area (TPSA) is 56.7 Å². The van der Waals surface area contributed by atoms with Gasteiger partial charge in [-0.05, 0) is 18.6 Å². The van der Waals surface area contributed by atoms with Crippen LogP contribution in [-0.4, -0.2) is 14.8 Å². The lowest BCUT2D eigenvalue weighted by molar-refractivity contribution is 0.793. The van der Waals surface area contributed by atoms with Gasteiger partial charge in [0.25, 0.3) is 0 Å². The third-order valence-corrected chi connectivity index (χ3v) is 2.29. The lowest BCUT2D eigenvalue weighted by atomic mass is 10.3. The summed E-state index contributed by atoms with van der Waals surface area (Å²) in [5.74, 6) is 1.18. The van der Waals surface area contributed by atoms with E-state index in [-0.39, 0.29) is 0 Å². The molecule has 2 N–H and O–H groups in total. The van der Waals surface area contributed by atoms with Gasteiger partial charge in [-0.3, -0.25) is 0 Å². The van der Waals surface area contributed by atoms with Gasteiger partial charge in [-0.15, -0.1) is 5.10 Å². The molecule has 0 fully saturated rings. The summed E-state index contributed by atoms with van der Waals surface area (Å²) in [6.07, 6.45) is 0.846. The van der Waals surface area contributed by atoms with Crippen LogP contribution >= 0.6 is 11.6 Å². The molecule has 15 heavy (non-hydrogen) atoms. The Bertz CT molecular complexity index is 478. The van der Waals surface area contributed by atoms with Crippen molar-refractivity contribution >= 4 is 17.4 Å². The van der Waals surface area contributed by atoms with Crippen LogP contribution in [0.1, 0.15) is 12.6 Å². The third kappa shape index (κ3) is 1.94. The summed E-state index contributed by atoms with van der Waals surface area (Å²) >= 11 is 5.81. The van der Waals surface area contributed by atoms with Crippen molar-refractivity contribution in [2.45, 2.75) is 13.3 Å². The van der Waals surface area contributed by atoms with Gasteiger partial charge in [0.2, 0.25) is 0 Å². The molecule has 0 aliphatic carbocycles. The summed E-state index contributed by atoms with van der Waals surface area (Å²) in [4.78, 5) is 4.18. The van der Waals surface area contributed by atoms with E-state index in [1.807, 2.05) is 25.1 Å². The summed E-state index contributed by atoms with van der Waals surface area (Å²) in [7, 11) is 0. The van der Waals surface area contributed by atoms with Gasteiger partial charge in [0, 0.05) is 11.8 Å². The Hall–Kier alpha value is -1.55. The number of anilines is 1. The molecule has 0 radical (unpaired) electrons. The van der Waals surface area contributed by atoms with E-state index in [0.717, 1.165) is 12.1 Å². The Morgan fingerprint density at radius 2 is 2.27 bits per heavy atom. The first kappa shape index (κ1) is 9.98. The minimum atomic E-state index is 0.448. The number of aromatic nitrogens is 3. The van der Waals surface area contributed by atoms with Crippen LogP contribution in [0.15, 0.2) is 24.3 Å². The highest BCUT2D eigenvalue weighted by molar-refractivity contribution is 6.29. The molecular weight excluding hydrogens is 212 g/mol. The van der Waals surface area contributed by atoms with Gasteiger partial charge in [-0.1, -0.05) is 24.6 Å². The van der Waals surface area contributed by atoms with E-state index < -0.39 is 0 Å². The second-order valence-corrected chi connectivity index (χ2v) is 3.53. The molecule has 0 saturated carbocycles. The first-order valence-corrected chi connectivity index (χ1v) is 5.06. The average molecular weight is 223 g/mol. The van der Waals surface area contributed by atoms with Crippen molar-refractivity contribution in [2.75, 3.05) is 5.73 Å². The van der Waals surface area contributed by atoms with Crippen molar-refractivity contribution in [3.63, 3.8) is 0 Å². The first-order valence-electron chi connectivity index (χ1n) is 4.68. The standard InChI is InChI=1S/C10H11ClN4/c1-2-7-6-9(12)14-15(7)10-5-3-4-8(11)13-10/h3-6H,2H2,1H3,(H2,12,14). The molecule has 2 aromatic heterocycles. The molecule has 4 nitrogen and oxygen atoms in total. The van der Waals surface area contributed by atoms with Crippen LogP contribution < -0.4 is 5.73 Å². The lowest BCUT2D eigenvalue weighted by Gasteiger charge is -2.04. The predicted molar refractivity (Wildman–Crippen MR) is 60.2 cm³/mol. The molecule has 0 amide bonds. The Morgan fingerprint density at radius 3 is 2.93 bits per heavy atom. The molecule has 2 heterocycles. The molecule has 0 aliphatic heterocycles. The van der Waals surface area contributed by atoms with Crippen molar-refractivity contribution in [2.24, 2.45) is 0 Å². The highest BCUT2D eigenvalue weighted by Crippen LogP contribution is 2.14. The monoisotopic (exact) mass is 222 g/mol. The Balaban J connectivity index is 2.53. The van der Waals surface area contributed by atoms with Crippen LogP contribution in [0.4, 0.5) is 5.82 Å². The van der Waals surface area contributed by atoms with Crippen LogP contribution in [0, 0.1) is 0 Å². The number of halogens is 1. The summed E-state index contributed by atoms with van der Waals surface area (Å²) in [5, 5.41) is 4.61. The van der Waals surface area contributed by atoms with E-state index >= 15 is 0 Å². The first-order chi connectivity index (χ1) is 7.20. The van der Waals surface area contributed by atoms with Crippen molar-refractivity contribution in [1.29, 1.82) is 0 Å². The maximum absolute atomic E-state index is 5.81. The van der Waals surface area contributed by atoms with Crippen molar-refractivity contribution < 1.29 is 0 Å². The number of aryl methyl sites for hydroxylation is 1. The summed E-state index contributed by atoms with van der Waals surface area (Å²) in [6, 6.07) is 7.24. The van der Waals surface area contributed by atoms with Crippen molar-refractivity contribution in [3.8, 4) is 5.82 Å². The Kier molecular flexibility index (Phi) is 2.60. The zero-order valence-corrected chi connectivity index (χ0v) is 9.07. The van der Waals surface area contributed by atoms with E-state index in [1.165, 1.54) is 0 Å². The average Bonchev–Trinajstić information content (AvgIpc) is 2.59. The fourth-order valence-electron chi connectivity index (χ4n) is 1.41. The number of hydrogen-bond acceptors (Lipinski definition) is 3. The summed E-state index contributed by atoms with van der Waals surface area (Å²) in [6.45, 7) is 2.04. The van der Waals surface area contributed by atoms with E-state index in [4.69, 9.17) is 17.3 Å². The molecule has 5 heteroatoms. The van der Waals surface area contributed by atoms with Crippen LogP contribution in [0.5, 0.6) is 0 Å². The minimum Gasteiger partial charge on any atom is -0.382 e. The zero-order chi connectivity index (χ0) is 10.8. The molecule has 2 aromatic rings. The Morgan fingerprint density at radius 1 is 1.47 bits per heavy atom. The third-order valence-electron chi connectivity index (χ3n) is 2.08. The highest BCUT2D eigenvalue weighted by Gasteiger charge is 2.07. The molecule has 0 spiro atoms. The van der Waals surface area contributed by atoms with Crippen molar-refractivity contribution in [1.82, 2.24) is 14.8 Å². The molecule has 0 unspecified atom stereocenters. The Labute approximate surface area is 92.7 Å². The van der Waals surface area contributed by atoms with E-state index in [9.17, 15) is 0 Å². The van der Waals surface area contributed by atoms with Crippen LogP contribution in [0.3, 0.4) is 0 Å². The number of nitrogens with two attached hydrogens (primary N) is 1. The lowest BCUT2D eigenvalue weighted by Crippen LogP contribution is -2.03. The SMILES string of the molecule is CCc1cc(N)nn1-c1cccc(Cl)n1. The van der Waals surface area contributed by atoms with Crippen molar-refractivity contribution in [3.05, 3.63) is 35.1 Å². The molecule has 0 atom stereocenters. The molecule has 0 aliphatic rings. The summed E-state index contributed by atoms with van der Waals surface area (Å²) < 4.78 is 1.71. The van der Waals surface area contributed by atoms with Gasteiger partial charge in [-0.2, -0.15) is 0 Å². The second kappa shape index (κ2) is 3.90. The van der Waals surface area contributed by atoms with Gasteiger partial charge in [0.05, 0.1) is 0 Å². The molecule has 0 saturated heterocycles. The van der Waals surface area contributed by atoms with Crippen LogP contribution in [0.2, 0.25) is 5.15 Å².